The lowest BCUT2D eigenvalue weighted by molar-refractivity contribution is 1.16. The largest absolute Gasteiger partial charge is 0.309 e. The summed E-state index contributed by atoms with van der Waals surface area (Å²) in [4.78, 5) is 0. The number of nitriles is 6. The van der Waals surface area contributed by atoms with Crippen molar-refractivity contribution in [3.05, 3.63) is 488 Å². The summed E-state index contributed by atoms with van der Waals surface area (Å²) in [5.74, 6) is 0. The number of benzene rings is 21. The Balaban J connectivity index is 0.000000107. The molecule has 0 N–H and O–H groups in total. The molecular formula is C132H75N15. The van der Waals surface area contributed by atoms with Crippen LogP contribution in [0.15, 0.2) is 455 Å². The van der Waals surface area contributed by atoms with Crippen LogP contribution in [0, 0.1) is 68.0 Å². The summed E-state index contributed by atoms with van der Waals surface area (Å²) >= 11 is 0. The maximum absolute atomic E-state index is 10.9. The first-order valence-electron chi connectivity index (χ1n) is 48.7. The van der Waals surface area contributed by atoms with Crippen LogP contribution in [0.25, 0.3) is 247 Å². The Morgan fingerprint density at radius 1 is 0.129 bits per heavy atom. The Labute approximate surface area is 839 Å². The van der Waals surface area contributed by atoms with Gasteiger partial charge in [0, 0.05) is 137 Å². The van der Waals surface area contributed by atoms with E-state index in [2.05, 4.69) is 411 Å². The second-order valence-corrected chi connectivity index (χ2v) is 37.1. The van der Waals surface area contributed by atoms with Crippen molar-refractivity contribution in [3.8, 4) is 87.6 Å². The Hall–Kier alpha value is -21.2. The van der Waals surface area contributed by atoms with Crippen LogP contribution < -0.4 is 0 Å². The molecule has 9 heterocycles. The average molecular weight is 1870 g/mol. The van der Waals surface area contributed by atoms with Crippen LogP contribution in [-0.4, -0.2) is 41.1 Å². The van der Waals surface area contributed by atoms with Gasteiger partial charge in [0.2, 0.25) is 0 Å². The van der Waals surface area contributed by atoms with E-state index in [1.807, 2.05) is 121 Å². The van der Waals surface area contributed by atoms with E-state index in [0.29, 0.717) is 33.4 Å². The molecular weight excluding hydrogens is 1800 g/mol. The molecule has 0 radical (unpaired) electrons. The lowest BCUT2D eigenvalue weighted by atomic mass is 10.0. The monoisotopic (exact) mass is 1870 g/mol. The van der Waals surface area contributed by atoms with Crippen LogP contribution >= 0.6 is 0 Å². The molecule has 0 bridgehead atoms. The standard InChI is InChI=1S/3C44H25N5/c45-26-28-12-11-17-32(24-28)49-43-35(22-23-38-41(43)33-18-7-9-20-36(33)47(38)30-13-3-1-4-14-30)40-29(27-46)25-39-42(44(40)49)34-19-8-10-21-37(34)48(39)31-15-5-2-6-16-31;45-26-28-19-20-35-40(25-28)47(30-12-3-1-4-13-30)38-23-21-32-33-22-24-39-41(43(33)48(44(32)42(35)38)31-14-5-2-6-15-31)34-16-8-10-18-37(34)49(39)36-17-9-7-11-29(36)27-46;45-26-28-18-20-31(21-19-28)48-43-32(22-24-39-41(43)34-13-5-8-16-37(34)47(39)30-11-2-1-3-12-30)33-23-25-40-42(44(33)48)35-14-6-9-17-38(35)49(40)36-15-7-4-10-29(36)27-46/h3*1-25H. The van der Waals surface area contributed by atoms with Crippen LogP contribution in [0.1, 0.15) is 33.4 Å². The van der Waals surface area contributed by atoms with E-state index in [9.17, 15) is 31.6 Å². The number of aromatic nitrogens is 9. The van der Waals surface area contributed by atoms with E-state index in [0.717, 1.165) is 237 Å². The lowest BCUT2D eigenvalue weighted by Gasteiger charge is -2.12. The fourth-order valence-corrected chi connectivity index (χ4v) is 23.8. The number of rotatable bonds is 9. The van der Waals surface area contributed by atoms with E-state index in [-0.39, 0.29) is 0 Å². The summed E-state index contributed by atoms with van der Waals surface area (Å²) in [6.07, 6.45) is 0. The van der Waals surface area contributed by atoms with E-state index in [4.69, 9.17) is 0 Å². The molecule has 0 saturated carbocycles. The molecule has 30 aromatic rings. The second-order valence-electron chi connectivity index (χ2n) is 37.1. The second kappa shape index (κ2) is 33.2. The summed E-state index contributed by atoms with van der Waals surface area (Å²) in [5.41, 5.74) is 31.6. The van der Waals surface area contributed by atoms with Crippen molar-refractivity contribution >= 4 is 196 Å². The summed E-state index contributed by atoms with van der Waals surface area (Å²) in [5, 5.41) is 80.7. The lowest BCUT2D eigenvalue weighted by Crippen LogP contribution is -1.98. The summed E-state index contributed by atoms with van der Waals surface area (Å²) in [7, 11) is 0. The zero-order chi connectivity index (χ0) is 97.9. The smallest absolute Gasteiger partial charge is 0.101 e. The van der Waals surface area contributed by atoms with Crippen molar-refractivity contribution in [2.45, 2.75) is 0 Å². The van der Waals surface area contributed by atoms with Gasteiger partial charge in [0.25, 0.3) is 0 Å². The molecule has 21 aromatic carbocycles. The van der Waals surface area contributed by atoms with Gasteiger partial charge >= 0.3 is 0 Å². The van der Waals surface area contributed by atoms with Gasteiger partial charge in [-0.15, -0.1) is 0 Å². The van der Waals surface area contributed by atoms with Crippen molar-refractivity contribution < 1.29 is 0 Å². The van der Waals surface area contributed by atoms with Gasteiger partial charge in [0.05, 0.1) is 168 Å². The van der Waals surface area contributed by atoms with Gasteiger partial charge in [-0.25, -0.2) is 0 Å². The van der Waals surface area contributed by atoms with Gasteiger partial charge in [-0.2, -0.15) is 31.6 Å². The van der Waals surface area contributed by atoms with Crippen molar-refractivity contribution in [3.63, 3.8) is 0 Å². The van der Waals surface area contributed by atoms with Crippen molar-refractivity contribution in [1.82, 2.24) is 41.1 Å². The SMILES string of the molecule is N#Cc1ccc(-n2c3c(ccc4c3c3ccccc3n4-c3ccccc3)c3ccc4c(c5ccccc5n4-c4ccccc4C#N)c32)cc1.N#Cc1ccc2c3c(ccc4c5ccc6c(c7ccccc7n6-c6ccccc6C#N)c5n(-c5ccccc5)c43)n(-c3ccccc3)c2c1.N#Cc1cccc(-n2c3c(ccc4c3c3ccccc3n4-c3ccccc3)c3c(C#N)cc4c(c5ccccc5n4-c4ccccc4)c32)c1. The van der Waals surface area contributed by atoms with E-state index >= 15 is 0 Å². The van der Waals surface area contributed by atoms with E-state index in [1.54, 1.807) is 0 Å². The molecule has 0 amide bonds. The molecule has 0 aliphatic heterocycles. The van der Waals surface area contributed by atoms with Gasteiger partial charge in [0.15, 0.2) is 0 Å². The molecule has 147 heavy (non-hydrogen) atoms. The maximum atomic E-state index is 10.9. The van der Waals surface area contributed by atoms with Gasteiger partial charge in [-0.1, -0.05) is 249 Å². The molecule has 15 heteroatoms. The van der Waals surface area contributed by atoms with Crippen molar-refractivity contribution in [1.29, 1.82) is 31.6 Å². The fourth-order valence-electron chi connectivity index (χ4n) is 23.8. The molecule has 0 aliphatic carbocycles. The highest BCUT2D eigenvalue weighted by Crippen LogP contribution is 2.53. The first-order chi connectivity index (χ1) is 72.8. The third kappa shape index (κ3) is 12.4. The van der Waals surface area contributed by atoms with Crippen molar-refractivity contribution in [2.24, 2.45) is 0 Å². The Bertz CT molecular complexity index is 11200. The van der Waals surface area contributed by atoms with Crippen LogP contribution in [0.5, 0.6) is 0 Å². The molecule has 0 fully saturated rings. The highest BCUT2D eigenvalue weighted by atomic mass is 15.1. The Morgan fingerprint density at radius 2 is 0.395 bits per heavy atom. The molecule has 9 aromatic heterocycles. The predicted octanol–water partition coefficient (Wildman–Crippen LogP) is 32.2. The van der Waals surface area contributed by atoms with Crippen LogP contribution in [-0.2, 0) is 0 Å². The van der Waals surface area contributed by atoms with E-state index in [1.165, 1.54) is 10.8 Å². The third-order valence-electron chi connectivity index (χ3n) is 29.6. The zero-order valence-electron chi connectivity index (χ0n) is 78.5. The molecule has 678 valence electrons. The first kappa shape index (κ1) is 83.9. The van der Waals surface area contributed by atoms with Crippen molar-refractivity contribution in [2.75, 3.05) is 0 Å². The Kier molecular flexibility index (Phi) is 19.0. The number of nitrogens with zero attached hydrogens (tertiary/aromatic N) is 15. The minimum Gasteiger partial charge on any atom is -0.309 e. The predicted molar refractivity (Wildman–Crippen MR) is 597 cm³/mol. The molecule has 0 aliphatic rings. The Morgan fingerprint density at radius 3 is 0.776 bits per heavy atom. The highest BCUT2D eigenvalue weighted by Gasteiger charge is 2.32. The quantitative estimate of drug-likeness (QED) is 0.138. The van der Waals surface area contributed by atoms with Gasteiger partial charge in [-0.05, 0) is 206 Å². The van der Waals surface area contributed by atoms with Crippen LogP contribution in [0.3, 0.4) is 0 Å². The first-order valence-corrected chi connectivity index (χ1v) is 48.7. The average Bonchev–Trinajstić information content (AvgIpc) is 1.52. The topological polar surface area (TPSA) is 187 Å². The number of hydrogen-bond donors (Lipinski definition) is 0. The highest BCUT2D eigenvalue weighted by molar-refractivity contribution is 6.36. The normalized spacial score (nSPS) is 11.6. The maximum Gasteiger partial charge on any atom is 0.101 e. The van der Waals surface area contributed by atoms with Gasteiger partial charge in [-0.3, -0.25) is 0 Å². The van der Waals surface area contributed by atoms with E-state index < -0.39 is 0 Å². The minimum atomic E-state index is 0.575. The number of hydrogen-bond acceptors (Lipinski definition) is 6. The summed E-state index contributed by atoms with van der Waals surface area (Å²) in [6, 6.07) is 171. The zero-order valence-corrected chi connectivity index (χ0v) is 78.5. The molecule has 0 unspecified atom stereocenters. The number of para-hydroxylation sites is 12. The fraction of sp³-hybridized carbons (Fsp3) is 0. The summed E-state index contributed by atoms with van der Waals surface area (Å²) in [6.45, 7) is 0. The van der Waals surface area contributed by atoms with Crippen LogP contribution in [0.2, 0.25) is 0 Å². The molecule has 0 saturated heterocycles. The summed E-state index contributed by atoms with van der Waals surface area (Å²) < 4.78 is 20.8. The number of fused-ring (bicyclic) bond motifs is 33. The molecule has 15 nitrogen and oxygen atoms in total. The molecule has 0 spiro atoms. The van der Waals surface area contributed by atoms with Gasteiger partial charge in [0.1, 0.15) is 12.1 Å². The molecule has 30 rings (SSSR count). The molecule has 0 atom stereocenters. The third-order valence-corrected chi connectivity index (χ3v) is 29.6. The van der Waals surface area contributed by atoms with Crippen LogP contribution in [0.4, 0.5) is 0 Å². The minimum absolute atomic E-state index is 0.575. The van der Waals surface area contributed by atoms with Gasteiger partial charge < -0.3 is 41.1 Å².